The second-order valence-electron chi connectivity index (χ2n) is 11.3. The summed E-state index contributed by atoms with van der Waals surface area (Å²) in [6.45, 7) is 4.90. The van der Waals surface area contributed by atoms with Gasteiger partial charge in [-0.3, -0.25) is 5.41 Å². The molecule has 316 valence electrons. The van der Waals surface area contributed by atoms with E-state index in [0.717, 1.165) is 52.6 Å². The van der Waals surface area contributed by atoms with E-state index < -0.39 is 5.60 Å². The first-order valence-electron chi connectivity index (χ1n) is 16.4. The summed E-state index contributed by atoms with van der Waals surface area (Å²) < 4.78 is 0. The summed E-state index contributed by atoms with van der Waals surface area (Å²) in [5.41, 5.74) is 9.12. The zero-order valence-electron chi connectivity index (χ0n) is 33.3. The van der Waals surface area contributed by atoms with Gasteiger partial charge in [0.15, 0.2) is 5.17 Å². The molecule has 3 N–H and O–H groups in total. The first-order valence-corrected chi connectivity index (χ1v) is 22.3. The minimum absolute atomic E-state index is 0. The number of alkyl halides is 4. The Morgan fingerprint density at radius 2 is 1.25 bits per heavy atom. The molecule has 7 nitrogen and oxygen atoms in total. The second-order valence-corrected chi connectivity index (χ2v) is 16.6. The van der Waals surface area contributed by atoms with Crippen molar-refractivity contribution in [2.45, 2.75) is 89.5 Å². The largest absolute Gasteiger partial charge is 1.00 e. The number of hydrogen-bond acceptors (Lipinski definition) is 9. The normalized spacial score (nSPS) is 11.2. The second kappa shape index (κ2) is 58.6. The third-order valence-corrected chi connectivity index (χ3v) is 10.2. The van der Waals surface area contributed by atoms with Crippen LogP contribution in [0.3, 0.4) is 0 Å². The average Bonchev–Trinajstić information content (AvgIpc) is 3.71. The van der Waals surface area contributed by atoms with Crippen LogP contribution < -0.4 is 62.2 Å². The van der Waals surface area contributed by atoms with Crippen molar-refractivity contribution in [2.24, 2.45) is 5.73 Å². The predicted octanol–water partition coefficient (Wildman–Crippen LogP) is 8.24. The summed E-state index contributed by atoms with van der Waals surface area (Å²) in [6, 6.07) is 15.2. The molecule has 1 fully saturated rings. The fraction of sp³-hybridized carbons (Fsp3) is 0.475. The maximum absolute atomic E-state index is 10.1. The van der Waals surface area contributed by atoms with Crippen molar-refractivity contribution >= 4 is 91.2 Å². The predicted molar refractivity (Wildman–Crippen MR) is 243 cm³/mol. The minimum Gasteiger partial charge on any atom is -0.850 e. The van der Waals surface area contributed by atoms with E-state index in [0.29, 0.717) is 16.9 Å². The monoisotopic (exact) mass is 1310 g/mol. The van der Waals surface area contributed by atoms with E-state index in [1.54, 1.807) is 45.3 Å². The molecule has 0 bridgehead atoms. The van der Waals surface area contributed by atoms with Crippen LogP contribution in [0.25, 0.3) is 0 Å². The van der Waals surface area contributed by atoms with Gasteiger partial charge in [-0.15, -0.1) is 62.7 Å². The molecule has 1 saturated heterocycles. The molecule has 5 heterocycles. The number of nitrogens with zero attached hydrogens (tertiary/aromatic N) is 4. The van der Waals surface area contributed by atoms with Gasteiger partial charge in [0, 0.05) is 165 Å². The molecule has 5 rings (SSSR count). The van der Waals surface area contributed by atoms with E-state index in [9.17, 15) is 5.11 Å². The Morgan fingerprint density at radius 1 is 0.814 bits per heavy atom. The third kappa shape index (κ3) is 58.5. The van der Waals surface area contributed by atoms with E-state index in [4.69, 9.17) is 45.9 Å². The van der Waals surface area contributed by atoms with Crippen LogP contribution in [0.2, 0.25) is 0 Å². The molecule has 4 aromatic heterocycles. The Hall–Kier alpha value is 4.48. The summed E-state index contributed by atoms with van der Waals surface area (Å²) in [5.74, 6) is 6.22. The molecular formula is C40H57BrCl3KN6OS3Y4-4. The third-order valence-electron chi connectivity index (χ3n) is 5.48. The zero-order valence-corrected chi connectivity index (χ0v) is 54.1. The van der Waals surface area contributed by atoms with Crippen LogP contribution in [0.5, 0.6) is 0 Å². The summed E-state index contributed by atoms with van der Waals surface area (Å²) >= 11 is 24.7. The van der Waals surface area contributed by atoms with Crippen LogP contribution in [-0.4, -0.2) is 59.3 Å². The first-order chi connectivity index (χ1) is 25.0. The van der Waals surface area contributed by atoms with E-state index >= 15 is 0 Å². The van der Waals surface area contributed by atoms with Crippen LogP contribution in [0, 0.1) is 30.2 Å². The van der Waals surface area contributed by atoms with E-state index in [2.05, 4.69) is 66.7 Å². The molecular weight excluding hydrogens is 1260 g/mol. The Labute approximate surface area is 537 Å². The van der Waals surface area contributed by atoms with Crippen molar-refractivity contribution in [3.8, 4) is 0 Å². The standard InChI is InChI=1S/C9H11ClNS.C9H10NS.C7H8N3S.C6H5ClN.C4H9O.C3H6BrCl.2CH4.K.4Y/c10-4-2-6-12-8-9-3-1-5-11-7-9;1-3-8(7-10-5-1)9-4-2-6-11-9;8-7(9)11-5-6-2-1-3-10-4-6;7-4-6-2-1-3-8-5-6;1-4(2,3)5;4-2-1-3-5;;;;;;;/h1,3,7H,2,4,6,8H2;1,3,7,9H,2,4,6H2;1-2,4H,5H2,(H3,8,9);1-2,5H,4H2;1-3H3;1-3H2;2*1H4;;;;;/q5*-1;;;;+1;;;;. The van der Waals surface area contributed by atoms with Crippen molar-refractivity contribution in [2.75, 3.05) is 28.6 Å². The molecule has 1 unspecified atom stereocenters. The van der Waals surface area contributed by atoms with E-state index in [1.165, 1.54) is 41.5 Å². The number of amidine groups is 1. The van der Waals surface area contributed by atoms with Crippen LogP contribution in [0.15, 0.2) is 73.3 Å². The number of halogens is 4. The van der Waals surface area contributed by atoms with E-state index in [-0.39, 0.29) is 202 Å². The molecule has 0 aliphatic carbocycles. The number of pyridine rings is 4. The summed E-state index contributed by atoms with van der Waals surface area (Å²) in [7, 11) is 0. The first kappa shape index (κ1) is 80.5. The number of nitrogens with two attached hydrogens (primary N) is 1. The molecule has 1 atom stereocenters. The topological polar surface area (TPSA) is 124 Å². The van der Waals surface area contributed by atoms with Gasteiger partial charge in [-0.1, -0.05) is 113 Å². The molecule has 1 aliphatic heterocycles. The maximum Gasteiger partial charge on any atom is 1.00 e. The van der Waals surface area contributed by atoms with Gasteiger partial charge in [-0.2, -0.15) is 72.1 Å². The van der Waals surface area contributed by atoms with Crippen molar-refractivity contribution in [3.63, 3.8) is 0 Å². The molecule has 4 aromatic rings. The molecule has 1 aliphatic rings. The molecule has 0 aromatic carbocycles. The van der Waals surface area contributed by atoms with Gasteiger partial charge >= 0.3 is 51.4 Å². The minimum atomic E-state index is -0.750. The van der Waals surface area contributed by atoms with Crippen molar-refractivity contribution in [1.29, 1.82) is 5.41 Å². The molecule has 0 spiro atoms. The fourth-order valence-electron chi connectivity index (χ4n) is 3.22. The molecule has 0 amide bonds. The van der Waals surface area contributed by atoms with Gasteiger partial charge < -0.3 is 30.8 Å². The zero-order chi connectivity index (χ0) is 38.7. The van der Waals surface area contributed by atoms with Crippen molar-refractivity contribution < 1.29 is 187 Å². The molecule has 19 heteroatoms. The van der Waals surface area contributed by atoms with Crippen LogP contribution in [0.4, 0.5) is 0 Å². The summed E-state index contributed by atoms with van der Waals surface area (Å²) in [6.07, 6.45) is 22.9. The van der Waals surface area contributed by atoms with Gasteiger partial charge in [0.1, 0.15) is 0 Å². The number of aromatic nitrogens is 4. The number of hydrogen-bond donors (Lipinski definition) is 2. The van der Waals surface area contributed by atoms with Gasteiger partial charge in [0.25, 0.3) is 0 Å². The maximum atomic E-state index is 10.1. The van der Waals surface area contributed by atoms with Crippen LogP contribution >= 0.6 is 86.0 Å². The summed E-state index contributed by atoms with van der Waals surface area (Å²) in [4.78, 5) is 15.5. The number of rotatable bonds is 11. The van der Waals surface area contributed by atoms with Gasteiger partial charge in [0.05, 0.1) is 0 Å². The van der Waals surface area contributed by atoms with Crippen molar-refractivity contribution in [1.82, 2.24) is 19.9 Å². The smallest absolute Gasteiger partial charge is 0.850 e. The van der Waals surface area contributed by atoms with Gasteiger partial charge in [-0.05, 0) is 42.9 Å². The fourth-order valence-corrected chi connectivity index (χ4v) is 7.08. The average molecular weight is 1320 g/mol. The quantitative estimate of drug-likeness (QED) is 0.0382. The molecule has 0 saturated carbocycles. The molecule has 4 radical (unpaired) electrons. The summed E-state index contributed by atoms with van der Waals surface area (Å²) in [5, 5.41) is 18.9. The number of nitrogens with one attached hydrogen (secondary N) is 1. The Balaban J connectivity index is -0.0000000884. The Kier molecular flexibility index (Phi) is 80.0. The van der Waals surface area contributed by atoms with E-state index in [1.807, 2.05) is 66.2 Å². The van der Waals surface area contributed by atoms with Crippen LogP contribution in [-0.2, 0) is 148 Å². The van der Waals surface area contributed by atoms with Crippen LogP contribution in [0.1, 0.15) is 88.8 Å². The van der Waals surface area contributed by atoms with Gasteiger partial charge in [0.2, 0.25) is 0 Å². The Bertz CT molecular complexity index is 1370. The molecule has 59 heavy (non-hydrogen) atoms. The Morgan fingerprint density at radius 3 is 1.56 bits per heavy atom. The van der Waals surface area contributed by atoms with Crippen molar-refractivity contribution in [3.05, 3.63) is 120 Å². The van der Waals surface area contributed by atoms with Gasteiger partial charge in [-0.25, -0.2) is 0 Å². The number of thioether (sulfide) groups is 3. The SMILES string of the molecule is C.C.CC(C)(C)[O-].ClCCCBr.ClCCCSCc1cc[c-]nc1.ClCc1cc[c-]nc1.N=C(N)SCc1cc[c-]nc1.[K+].[Y].[Y].[Y].[Y].[c-]1ccc(C2CCCS2)cn1.